The van der Waals surface area contributed by atoms with E-state index >= 15 is 0 Å². The van der Waals surface area contributed by atoms with Crippen LogP contribution in [0.2, 0.25) is 0 Å². The summed E-state index contributed by atoms with van der Waals surface area (Å²) in [5.41, 5.74) is 0. The number of hydrogen-bond acceptors (Lipinski definition) is 0. The van der Waals surface area contributed by atoms with Crippen molar-refractivity contribution in [3.8, 4) is 0 Å². The molecule has 0 radical (unpaired) electrons. The Balaban J connectivity index is 4.03. The van der Waals surface area contributed by atoms with Crippen molar-refractivity contribution in [3.05, 3.63) is 0 Å². The van der Waals surface area contributed by atoms with Crippen molar-refractivity contribution in [1.29, 1.82) is 0 Å². The summed E-state index contributed by atoms with van der Waals surface area (Å²) in [7, 11) is 4.53. The molecule has 0 rings (SSSR count). The second-order valence-corrected chi connectivity index (χ2v) is 2.39. The van der Waals surface area contributed by atoms with Crippen molar-refractivity contribution < 1.29 is 35.8 Å². The number of alkyl halides is 3. The molecule has 0 aliphatic rings. The van der Waals surface area contributed by atoms with Crippen molar-refractivity contribution in [1.82, 2.24) is 0 Å². The molecule has 0 nitrogen and oxygen atoms in total. The topological polar surface area (TPSA) is 0 Å². The van der Waals surface area contributed by atoms with E-state index in [2.05, 4.69) is 9.19 Å². The summed E-state index contributed by atoms with van der Waals surface area (Å²) in [6.07, 6.45) is -4.86. The second-order valence-electron chi connectivity index (χ2n) is 0.782. The van der Waals surface area contributed by atoms with Gasteiger partial charge in [-0.05, 0) is 0 Å². The summed E-state index contributed by atoms with van der Waals surface area (Å²) in [6, 6.07) is 0. The summed E-state index contributed by atoms with van der Waals surface area (Å²) in [5.74, 6) is 0. The minimum atomic E-state index is -4.86. The van der Waals surface area contributed by atoms with E-state index in [-0.39, 0.29) is 0 Å². The minimum absolute atomic E-state index is 1.34. The van der Waals surface area contributed by atoms with E-state index < -0.39 is 28.4 Å². The van der Waals surface area contributed by atoms with Gasteiger partial charge in [0.1, 0.15) is 0 Å². The molecule has 8 heavy (non-hydrogen) atoms. The zero-order valence-electron chi connectivity index (χ0n) is 3.19. The molecule has 0 fully saturated rings. The summed E-state index contributed by atoms with van der Waals surface area (Å²) >= 11 is -1.34. The molecule has 0 bridgehead atoms. The third kappa shape index (κ3) is 2.81. The van der Waals surface area contributed by atoms with Crippen LogP contribution in [0.4, 0.5) is 17.6 Å². The molecular formula is C2AgClF4. The summed E-state index contributed by atoms with van der Waals surface area (Å²) in [6.45, 7) is 0. The van der Waals surface area contributed by atoms with Crippen LogP contribution in [0.1, 0.15) is 0 Å². The van der Waals surface area contributed by atoms with E-state index in [1.807, 2.05) is 0 Å². The predicted molar refractivity (Wildman–Crippen MR) is 18.0 cm³/mol. The molecule has 0 aromatic heterocycles. The van der Waals surface area contributed by atoms with Crippen molar-refractivity contribution in [2.24, 2.45) is 0 Å². The Labute approximate surface area is 55.5 Å². The summed E-state index contributed by atoms with van der Waals surface area (Å²) < 4.78 is 42.1. The van der Waals surface area contributed by atoms with Gasteiger partial charge in [-0.2, -0.15) is 0 Å². The van der Waals surface area contributed by atoms with Gasteiger partial charge in [-0.15, -0.1) is 0 Å². The molecule has 0 aromatic carbocycles. The Morgan fingerprint density at radius 3 is 1.75 bits per heavy atom. The molecule has 0 saturated heterocycles. The van der Waals surface area contributed by atoms with Crippen LogP contribution in [-0.2, 0) is 18.2 Å². The first-order chi connectivity index (χ1) is 3.48. The molecule has 54 valence electrons. The van der Waals surface area contributed by atoms with Gasteiger partial charge in [0.05, 0.1) is 0 Å². The van der Waals surface area contributed by atoms with E-state index in [1.165, 1.54) is 0 Å². The zero-order chi connectivity index (χ0) is 6.78. The summed E-state index contributed by atoms with van der Waals surface area (Å²) in [5, 5.41) is 0. The van der Waals surface area contributed by atoms with E-state index in [0.717, 1.165) is 0 Å². The molecule has 0 aliphatic carbocycles. The van der Waals surface area contributed by atoms with Crippen LogP contribution in [0, 0.1) is 0 Å². The van der Waals surface area contributed by atoms with Gasteiger partial charge in [0.2, 0.25) is 0 Å². The van der Waals surface area contributed by atoms with E-state index in [9.17, 15) is 17.6 Å². The molecule has 0 aliphatic heterocycles. The molecule has 0 aromatic rings. The van der Waals surface area contributed by atoms with Crippen molar-refractivity contribution in [3.63, 3.8) is 0 Å². The SMILES string of the molecule is F[C](=[Ag][Cl])C(F)(F)F. The fourth-order valence-corrected chi connectivity index (χ4v) is 0.573. The van der Waals surface area contributed by atoms with E-state index in [1.54, 1.807) is 0 Å². The number of hydrogen-bond donors (Lipinski definition) is 0. The van der Waals surface area contributed by atoms with Gasteiger partial charge >= 0.3 is 55.1 Å². The Kier molecular flexibility index (Phi) is 3.19. The van der Waals surface area contributed by atoms with Crippen LogP contribution >= 0.6 is 9.19 Å². The van der Waals surface area contributed by atoms with Crippen LogP contribution in [0.3, 0.4) is 0 Å². The van der Waals surface area contributed by atoms with Gasteiger partial charge in [-0.25, -0.2) is 0 Å². The van der Waals surface area contributed by atoms with Crippen LogP contribution in [0.15, 0.2) is 0 Å². The molecule has 0 unspecified atom stereocenters. The predicted octanol–water partition coefficient (Wildman–Crippen LogP) is 1.88. The zero-order valence-corrected chi connectivity index (χ0v) is 5.43. The molecule has 0 N–H and O–H groups in total. The van der Waals surface area contributed by atoms with Gasteiger partial charge in [0.25, 0.3) is 0 Å². The van der Waals surface area contributed by atoms with Gasteiger partial charge in [-0.1, -0.05) is 0 Å². The van der Waals surface area contributed by atoms with Gasteiger partial charge in [-0.3, -0.25) is 0 Å². The second kappa shape index (κ2) is 2.96. The quantitative estimate of drug-likeness (QED) is 0.450. The van der Waals surface area contributed by atoms with Crippen molar-refractivity contribution in [2.45, 2.75) is 6.18 Å². The Morgan fingerprint density at radius 1 is 1.38 bits per heavy atom. The molecule has 0 heterocycles. The van der Waals surface area contributed by atoms with Crippen LogP contribution in [-0.4, -0.2) is 10.2 Å². The standard InChI is InChI=1S/C2F4.Ag.ClH/c3-1-2(4,5)6;;/h;;1H/q;+1;/p-1. The van der Waals surface area contributed by atoms with Crippen molar-refractivity contribution in [2.75, 3.05) is 0 Å². The fraction of sp³-hybridized carbons (Fsp3) is 0.500. The molecule has 0 spiro atoms. The average Bonchev–Trinajstić information content (AvgIpc) is 1.62. The molecule has 0 saturated carbocycles. The third-order valence-corrected chi connectivity index (χ3v) is 1.50. The Hall–Kier alpha value is 0.620. The van der Waals surface area contributed by atoms with Crippen LogP contribution in [0.5, 0.6) is 0 Å². The van der Waals surface area contributed by atoms with Gasteiger partial charge < -0.3 is 0 Å². The molecule has 0 amide bonds. The number of rotatable bonds is 0. The molecule has 6 heteroatoms. The van der Waals surface area contributed by atoms with E-state index in [0.29, 0.717) is 0 Å². The maximum absolute atomic E-state index is 11.3. The molecular weight excluding hydrogens is 243 g/mol. The van der Waals surface area contributed by atoms with E-state index in [4.69, 9.17) is 0 Å². The Bertz CT molecular complexity index is 105. The first-order valence-corrected chi connectivity index (χ1v) is 3.92. The van der Waals surface area contributed by atoms with Gasteiger partial charge in [0, 0.05) is 0 Å². The van der Waals surface area contributed by atoms with Crippen LogP contribution < -0.4 is 0 Å². The monoisotopic (exact) mass is 242 g/mol. The summed E-state index contributed by atoms with van der Waals surface area (Å²) in [4.78, 5) is 0. The fourth-order valence-electron chi connectivity index (χ4n) is 0.0323. The van der Waals surface area contributed by atoms with Crippen LogP contribution in [0.25, 0.3) is 0 Å². The number of halogens is 5. The van der Waals surface area contributed by atoms with Crippen molar-refractivity contribution >= 4 is 13.2 Å². The first kappa shape index (κ1) is 8.62. The molecule has 0 atom stereocenters. The van der Waals surface area contributed by atoms with Gasteiger partial charge in [0.15, 0.2) is 0 Å². The third-order valence-electron chi connectivity index (χ3n) is 0.243. The normalized spacial score (nSPS) is 16.4. The maximum atomic E-state index is 11.3. The first-order valence-electron chi connectivity index (χ1n) is 1.27. The Morgan fingerprint density at radius 2 is 1.75 bits per heavy atom. The average molecular weight is 243 g/mol.